The van der Waals surface area contributed by atoms with Gasteiger partial charge in [-0.05, 0) is 43.3 Å². The summed E-state index contributed by atoms with van der Waals surface area (Å²) >= 11 is 0. The van der Waals surface area contributed by atoms with Gasteiger partial charge in [-0.1, -0.05) is 0 Å². The summed E-state index contributed by atoms with van der Waals surface area (Å²) in [5, 5.41) is 2.72. The topological polar surface area (TPSA) is 50.8 Å². The molecule has 1 aliphatic heterocycles. The van der Waals surface area contributed by atoms with E-state index in [0.29, 0.717) is 25.0 Å². The number of nitrogens with zero attached hydrogens (tertiary/aromatic N) is 1. The van der Waals surface area contributed by atoms with Crippen molar-refractivity contribution in [2.75, 3.05) is 36.5 Å². The van der Waals surface area contributed by atoms with Crippen LogP contribution in [0.2, 0.25) is 0 Å². The van der Waals surface area contributed by atoms with Gasteiger partial charge in [-0.3, -0.25) is 4.79 Å². The molecule has 0 spiro atoms. The van der Waals surface area contributed by atoms with E-state index in [4.69, 9.17) is 9.47 Å². The number of hydrogen-bond donors (Lipinski definition) is 1. The summed E-state index contributed by atoms with van der Waals surface area (Å²) in [5.74, 6) is -2.14. The minimum Gasteiger partial charge on any atom is -0.478 e. The predicted molar refractivity (Wildman–Crippen MR) is 94.6 cm³/mol. The molecule has 138 valence electrons. The van der Waals surface area contributed by atoms with Gasteiger partial charge in [-0.25, -0.2) is 8.78 Å². The fraction of sp³-hybridized carbons (Fsp3) is 0.316. The molecule has 1 N–H and O–H groups in total. The van der Waals surface area contributed by atoms with Crippen LogP contribution in [0.4, 0.5) is 20.2 Å². The van der Waals surface area contributed by atoms with E-state index in [-0.39, 0.29) is 5.75 Å². The maximum atomic E-state index is 13.6. The van der Waals surface area contributed by atoms with Crippen LogP contribution in [0, 0.1) is 11.6 Å². The van der Waals surface area contributed by atoms with Gasteiger partial charge in [0.05, 0.1) is 13.2 Å². The summed E-state index contributed by atoms with van der Waals surface area (Å²) in [6.45, 7) is 4.57. The molecule has 0 radical (unpaired) electrons. The van der Waals surface area contributed by atoms with Crippen LogP contribution in [-0.2, 0) is 9.53 Å². The Morgan fingerprint density at radius 2 is 1.85 bits per heavy atom. The Kier molecular flexibility index (Phi) is 5.68. The number of carbonyl (C=O) groups is 1. The number of benzene rings is 2. The molecule has 2 aromatic rings. The van der Waals surface area contributed by atoms with Gasteiger partial charge in [-0.2, -0.15) is 0 Å². The Bertz CT molecular complexity index is 762. The standard InChI is InChI=1S/C19H20F2N2O3/c1-13(26-18-7-2-14(20)12-17(18)21)19(24)22-15-3-5-16(6-4-15)23-8-10-25-11-9-23/h2-7,12-13H,8-11H2,1H3,(H,22,24). The number of anilines is 2. The first-order valence-corrected chi connectivity index (χ1v) is 8.38. The monoisotopic (exact) mass is 362 g/mol. The Balaban J connectivity index is 1.58. The van der Waals surface area contributed by atoms with Gasteiger partial charge >= 0.3 is 0 Å². The van der Waals surface area contributed by atoms with Crippen LogP contribution < -0.4 is 15.0 Å². The summed E-state index contributed by atoms with van der Waals surface area (Å²) in [6, 6.07) is 10.4. The van der Waals surface area contributed by atoms with Crippen molar-refractivity contribution in [1.82, 2.24) is 0 Å². The van der Waals surface area contributed by atoms with E-state index in [0.717, 1.165) is 30.9 Å². The van der Waals surface area contributed by atoms with Crippen LogP contribution in [-0.4, -0.2) is 38.3 Å². The van der Waals surface area contributed by atoms with Crippen LogP contribution in [0.5, 0.6) is 5.75 Å². The number of rotatable bonds is 5. The lowest BCUT2D eigenvalue weighted by Gasteiger charge is -2.29. The lowest BCUT2D eigenvalue weighted by Crippen LogP contribution is -2.36. The van der Waals surface area contributed by atoms with Crippen LogP contribution in [0.15, 0.2) is 42.5 Å². The van der Waals surface area contributed by atoms with E-state index in [2.05, 4.69) is 10.2 Å². The van der Waals surface area contributed by atoms with Crippen LogP contribution in [0.3, 0.4) is 0 Å². The number of ether oxygens (including phenoxy) is 2. The zero-order valence-corrected chi connectivity index (χ0v) is 14.4. The maximum absolute atomic E-state index is 13.6. The Hall–Kier alpha value is -2.67. The molecule has 1 unspecified atom stereocenters. The molecular weight excluding hydrogens is 342 g/mol. The zero-order valence-electron chi connectivity index (χ0n) is 14.4. The van der Waals surface area contributed by atoms with Gasteiger partial charge in [0.25, 0.3) is 5.91 Å². The third kappa shape index (κ3) is 4.49. The van der Waals surface area contributed by atoms with Gasteiger partial charge in [-0.15, -0.1) is 0 Å². The number of nitrogens with one attached hydrogen (secondary N) is 1. The second-order valence-electron chi connectivity index (χ2n) is 5.97. The van der Waals surface area contributed by atoms with E-state index < -0.39 is 23.6 Å². The number of amides is 1. The second-order valence-corrected chi connectivity index (χ2v) is 5.97. The average Bonchev–Trinajstić information content (AvgIpc) is 2.65. The lowest BCUT2D eigenvalue weighted by molar-refractivity contribution is -0.122. The van der Waals surface area contributed by atoms with E-state index in [1.807, 2.05) is 12.1 Å². The third-order valence-corrected chi connectivity index (χ3v) is 4.08. The van der Waals surface area contributed by atoms with E-state index in [9.17, 15) is 13.6 Å². The third-order valence-electron chi connectivity index (χ3n) is 4.08. The molecule has 0 aromatic heterocycles. The molecule has 1 heterocycles. The highest BCUT2D eigenvalue weighted by Crippen LogP contribution is 2.21. The molecule has 5 nitrogen and oxygen atoms in total. The molecule has 0 bridgehead atoms. The molecule has 0 aliphatic carbocycles. The number of morpholine rings is 1. The highest BCUT2D eigenvalue weighted by atomic mass is 19.1. The Morgan fingerprint density at radius 3 is 2.50 bits per heavy atom. The highest BCUT2D eigenvalue weighted by molar-refractivity contribution is 5.94. The summed E-state index contributed by atoms with van der Waals surface area (Å²) in [4.78, 5) is 14.4. The minimum atomic E-state index is -0.936. The van der Waals surface area contributed by atoms with E-state index in [1.165, 1.54) is 6.92 Å². The van der Waals surface area contributed by atoms with Crippen molar-refractivity contribution < 1.29 is 23.0 Å². The molecule has 1 atom stereocenters. The maximum Gasteiger partial charge on any atom is 0.265 e. The SMILES string of the molecule is CC(Oc1ccc(F)cc1F)C(=O)Nc1ccc(N2CCOCC2)cc1. The summed E-state index contributed by atoms with van der Waals surface area (Å²) in [7, 11) is 0. The molecule has 1 amide bonds. The van der Waals surface area contributed by atoms with Crippen molar-refractivity contribution in [3.63, 3.8) is 0 Å². The van der Waals surface area contributed by atoms with Crippen molar-refractivity contribution in [2.45, 2.75) is 13.0 Å². The largest absolute Gasteiger partial charge is 0.478 e. The summed E-state index contributed by atoms with van der Waals surface area (Å²) < 4.78 is 37.1. The second kappa shape index (κ2) is 8.14. The summed E-state index contributed by atoms with van der Waals surface area (Å²) in [5.41, 5.74) is 1.67. The van der Waals surface area contributed by atoms with Gasteiger partial charge in [0, 0.05) is 30.5 Å². The first kappa shape index (κ1) is 18.1. The molecule has 1 fully saturated rings. The Labute approximate surface area is 150 Å². The Morgan fingerprint density at radius 1 is 1.15 bits per heavy atom. The van der Waals surface area contributed by atoms with Crippen molar-refractivity contribution in [3.8, 4) is 5.75 Å². The lowest BCUT2D eigenvalue weighted by atomic mass is 10.2. The molecule has 1 aliphatic rings. The highest BCUT2D eigenvalue weighted by Gasteiger charge is 2.17. The molecule has 26 heavy (non-hydrogen) atoms. The average molecular weight is 362 g/mol. The molecule has 0 saturated carbocycles. The quantitative estimate of drug-likeness (QED) is 0.887. The normalized spacial score (nSPS) is 15.4. The van der Waals surface area contributed by atoms with Crippen molar-refractivity contribution in [1.29, 1.82) is 0 Å². The summed E-state index contributed by atoms with van der Waals surface area (Å²) in [6.07, 6.45) is -0.936. The number of hydrogen-bond acceptors (Lipinski definition) is 4. The fourth-order valence-corrected chi connectivity index (χ4v) is 2.64. The van der Waals surface area contributed by atoms with Crippen molar-refractivity contribution in [3.05, 3.63) is 54.1 Å². The van der Waals surface area contributed by atoms with Crippen LogP contribution >= 0.6 is 0 Å². The smallest absolute Gasteiger partial charge is 0.265 e. The van der Waals surface area contributed by atoms with Crippen LogP contribution in [0.1, 0.15) is 6.92 Å². The van der Waals surface area contributed by atoms with Crippen molar-refractivity contribution in [2.24, 2.45) is 0 Å². The molecular formula is C19H20F2N2O3. The van der Waals surface area contributed by atoms with E-state index in [1.54, 1.807) is 12.1 Å². The predicted octanol–water partition coefficient (Wildman–Crippen LogP) is 3.21. The van der Waals surface area contributed by atoms with Crippen molar-refractivity contribution >= 4 is 17.3 Å². The first-order valence-electron chi connectivity index (χ1n) is 8.38. The van der Waals surface area contributed by atoms with E-state index >= 15 is 0 Å². The molecule has 7 heteroatoms. The molecule has 3 rings (SSSR count). The zero-order chi connectivity index (χ0) is 18.5. The fourth-order valence-electron chi connectivity index (χ4n) is 2.64. The molecule has 1 saturated heterocycles. The van der Waals surface area contributed by atoms with Gasteiger partial charge in [0.1, 0.15) is 5.82 Å². The first-order chi connectivity index (χ1) is 12.5. The molecule has 2 aromatic carbocycles. The number of halogens is 2. The van der Waals surface area contributed by atoms with Crippen LogP contribution in [0.25, 0.3) is 0 Å². The minimum absolute atomic E-state index is 0.170. The van der Waals surface area contributed by atoms with Gasteiger partial charge < -0.3 is 19.7 Å². The number of carbonyl (C=O) groups excluding carboxylic acids is 1. The van der Waals surface area contributed by atoms with Gasteiger partial charge in [0.15, 0.2) is 17.7 Å². The van der Waals surface area contributed by atoms with Gasteiger partial charge in [0.2, 0.25) is 0 Å².